The van der Waals surface area contributed by atoms with Gasteiger partial charge in [-0.2, -0.15) is 5.01 Å². The van der Waals surface area contributed by atoms with Crippen LogP contribution in [0.5, 0.6) is 5.75 Å². The monoisotopic (exact) mass is 443 g/mol. The van der Waals surface area contributed by atoms with E-state index in [1.54, 1.807) is 30.3 Å². The predicted molar refractivity (Wildman–Crippen MR) is 117 cm³/mol. The second kappa shape index (κ2) is 7.82. The van der Waals surface area contributed by atoms with Gasteiger partial charge < -0.3 is 5.11 Å². The number of benzene rings is 2. The molecule has 0 atom stereocenters. The number of fused-ring (bicyclic) bond motifs is 1. The van der Waals surface area contributed by atoms with Gasteiger partial charge >= 0.3 is 4.87 Å². The van der Waals surface area contributed by atoms with E-state index in [9.17, 15) is 19.5 Å². The van der Waals surface area contributed by atoms with E-state index < -0.39 is 11.8 Å². The molecule has 0 bridgehead atoms. The first kappa shape index (κ1) is 19.4. The van der Waals surface area contributed by atoms with Gasteiger partial charge in [0.05, 0.1) is 15.1 Å². The molecule has 3 aromatic rings. The minimum Gasteiger partial charge on any atom is -0.508 e. The Labute approximate surface area is 178 Å². The number of carbonyl (C=O) groups excluding carboxylic acids is 2. The molecule has 2 amide bonds. The maximum Gasteiger partial charge on any atom is 0.308 e. The van der Waals surface area contributed by atoms with Crippen LogP contribution in [-0.4, -0.2) is 30.8 Å². The highest BCUT2D eigenvalue weighted by atomic mass is 32.2. The molecule has 1 aliphatic heterocycles. The third-order valence-electron chi connectivity index (χ3n) is 4.10. The number of hydrogen-bond acceptors (Lipinski definition) is 7. The summed E-state index contributed by atoms with van der Waals surface area (Å²) in [4.78, 5) is 37.4. The zero-order valence-corrected chi connectivity index (χ0v) is 17.1. The van der Waals surface area contributed by atoms with Gasteiger partial charge in [0.25, 0.3) is 11.8 Å². The van der Waals surface area contributed by atoms with Crippen molar-refractivity contribution in [2.45, 2.75) is 6.54 Å². The second-order valence-corrected chi connectivity index (χ2v) is 8.73. The number of aromatic hydroxyl groups is 1. The number of para-hydroxylation sites is 1. The Morgan fingerprint density at radius 3 is 2.62 bits per heavy atom. The average molecular weight is 444 g/mol. The van der Waals surface area contributed by atoms with Gasteiger partial charge in [-0.1, -0.05) is 47.4 Å². The topological polar surface area (TPSA) is 91.6 Å². The maximum absolute atomic E-state index is 12.6. The van der Waals surface area contributed by atoms with Crippen LogP contribution in [0.4, 0.5) is 0 Å². The van der Waals surface area contributed by atoms with E-state index in [2.05, 4.69) is 5.43 Å². The van der Waals surface area contributed by atoms with Crippen molar-refractivity contribution in [3.63, 3.8) is 0 Å². The Morgan fingerprint density at radius 2 is 1.86 bits per heavy atom. The van der Waals surface area contributed by atoms with Crippen molar-refractivity contribution in [3.05, 3.63) is 68.7 Å². The molecule has 0 radical (unpaired) electrons. The molecule has 0 unspecified atom stereocenters. The van der Waals surface area contributed by atoms with E-state index in [1.165, 1.54) is 16.7 Å². The molecule has 10 heteroatoms. The van der Waals surface area contributed by atoms with Crippen LogP contribution >= 0.6 is 35.3 Å². The highest BCUT2D eigenvalue weighted by molar-refractivity contribution is 8.26. The number of phenolic OH excluding ortho intramolecular Hbond substituents is 1. The summed E-state index contributed by atoms with van der Waals surface area (Å²) in [6, 6.07) is 13.5. The fourth-order valence-corrected chi connectivity index (χ4v) is 4.82. The molecule has 1 saturated heterocycles. The van der Waals surface area contributed by atoms with E-state index in [-0.39, 0.29) is 21.5 Å². The number of rotatable bonds is 4. The molecule has 4 rings (SSSR count). The number of thiocarbonyl (C=S) groups is 1. The van der Waals surface area contributed by atoms with Gasteiger partial charge in [0.2, 0.25) is 0 Å². The quantitative estimate of drug-likeness (QED) is 0.476. The van der Waals surface area contributed by atoms with Crippen LogP contribution in [0.2, 0.25) is 0 Å². The zero-order valence-electron chi connectivity index (χ0n) is 14.7. The fourth-order valence-electron chi connectivity index (χ4n) is 2.75. The van der Waals surface area contributed by atoms with Crippen LogP contribution in [0.25, 0.3) is 16.3 Å². The van der Waals surface area contributed by atoms with Crippen molar-refractivity contribution in [1.82, 2.24) is 15.0 Å². The van der Waals surface area contributed by atoms with Crippen LogP contribution in [0, 0.1) is 0 Å². The van der Waals surface area contributed by atoms with Gasteiger partial charge in [0.15, 0.2) is 4.32 Å². The van der Waals surface area contributed by atoms with Gasteiger partial charge in [0.1, 0.15) is 12.3 Å². The smallest absolute Gasteiger partial charge is 0.308 e. The number of hydrazine groups is 1. The highest BCUT2D eigenvalue weighted by Crippen LogP contribution is 2.31. The standard InChI is InChI=1S/C19H13N3O4S3/c23-12-7-5-11(6-8-12)9-15-17(25)22(19(27)29-15)20-16(24)10-21-13-3-1-2-4-14(13)28-18(21)26/h1-9,23H,10H2,(H,20,24)/b15-9-. The maximum atomic E-state index is 12.6. The van der Waals surface area contributed by atoms with Crippen LogP contribution < -0.4 is 10.3 Å². The Morgan fingerprint density at radius 1 is 1.14 bits per heavy atom. The second-order valence-electron chi connectivity index (χ2n) is 6.07. The molecule has 29 heavy (non-hydrogen) atoms. The van der Waals surface area contributed by atoms with Gasteiger partial charge in [-0.15, -0.1) is 0 Å². The Balaban J connectivity index is 1.50. The van der Waals surface area contributed by atoms with Gasteiger partial charge in [-0.3, -0.25) is 24.4 Å². The van der Waals surface area contributed by atoms with Crippen LogP contribution in [-0.2, 0) is 16.1 Å². The molecule has 2 aromatic carbocycles. The lowest BCUT2D eigenvalue weighted by atomic mass is 10.2. The number of hydrogen-bond donors (Lipinski definition) is 2. The first-order valence-corrected chi connectivity index (χ1v) is 10.4. The lowest BCUT2D eigenvalue weighted by Gasteiger charge is -2.15. The number of nitrogens with one attached hydrogen (secondary N) is 1. The lowest BCUT2D eigenvalue weighted by Crippen LogP contribution is -2.46. The van der Waals surface area contributed by atoms with E-state index >= 15 is 0 Å². The SMILES string of the molecule is O=C(Cn1c(=O)sc2ccccc21)NN1C(=O)/C(=C/c2ccc(O)cc2)SC1=S. The van der Waals surface area contributed by atoms with Crippen molar-refractivity contribution >= 4 is 67.7 Å². The number of aromatic nitrogens is 1. The normalized spacial score (nSPS) is 15.4. The van der Waals surface area contributed by atoms with E-state index in [0.717, 1.165) is 32.8 Å². The minimum atomic E-state index is -0.530. The Kier molecular flexibility index (Phi) is 5.22. The third kappa shape index (κ3) is 3.95. The molecule has 2 heterocycles. The van der Waals surface area contributed by atoms with E-state index in [1.807, 2.05) is 12.1 Å². The number of carbonyl (C=O) groups is 2. The molecule has 0 saturated carbocycles. The summed E-state index contributed by atoms with van der Waals surface area (Å²) in [5.41, 5.74) is 3.86. The fraction of sp³-hybridized carbons (Fsp3) is 0.0526. The van der Waals surface area contributed by atoms with Gasteiger partial charge in [0, 0.05) is 0 Å². The number of phenols is 1. The zero-order chi connectivity index (χ0) is 20.5. The number of thioether (sulfide) groups is 1. The number of thiazole rings is 1. The summed E-state index contributed by atoms with van der Waals surface area (Å²) < 4.78 is 2.34. The number of nitrogens with zero attached hydrogens (tertiary/aromatic N) is 2. The van der Waals surface area contributed by atoms with Crippen LogP contribution in [0.1, 0.15) is 5.56 Å². The molecular formula is C19H13N3O4S3. The highest BCUT2D eigenvalue weighted by Gasteiger charge is 2.33. The largest absolute Gasteiger partial charge is 0.508 e. The molecular weight excluding hydrogens is 430 g/mol. The van der Waals surface area contributed by atoms with Crippen LogP contribution in [0.15, 0.2) is 58.2 Å². The van der Waals surface area contributed by atoms with E-state index in [4.69, 9.17) is 12.2 Å². The van der Waals surface area contributed by atoms with Gasteiger partial charge in [-0.05, 0) is 48.1 Å². The lowest BCUT2D eigenvalue weighted by molar-refractivity contribution is -0.133. The van der Waals surface area contributed by atoms with Crippen molar-refractivity contribution in [1.29, 1.82) is 0 Å². The molecule has 7 nitrogen and oxygen atoms in total. The summed E-state index contributed by atoms with van der Waals surface area (Å²) in [5.74, 6) is -0.861. The first-order valence-electron chi connectivity index (χ1n) is 8.37. The number of amides is 2. The molecule has 1 aromatic heterocycles. The molecule has 2 N–H and O–H groups in total. The summed E-state index contributed by atoms with van der Waals surface area (Å²) in [6.45, 7) is -0.225. The molecule has 146 valence electrons. The van der Waals surface area contributed by atoms with Crippen LogP contribution in [0.3, 0.4) is 0 Å². The molecule has 0 spiro atoms. The average Bonchev–Trinajstić information content (AvgIpc) is 3.14. The van der Waals surface area contributed by atoms with Crippen molar-refractivity contribution in [3.8, 4) is 5.75 Å². The third-order valence-corrected chi connectivity index (χ3v) is 6.36. The summed E-state index contributed by atoms with van der Waals surface area (Å²) in [5, 5.41) is 10.4. The first-order chi connectivity index (χ1) is 13.9. The molecule has 1 fully saturated rings. The molecule has 1 aliphatic rings. The van der Waals surface area contributed by atoms with Crippen molar-refractivity contribution < 1.29 is 14.7 Å². The van der Waals surface area contributed by atoms with Gasteiger partial charge in [-0.25, -0.2) is 0 Å². The minimum absolute atomic E-state index is 0.123. The van der Waals surface area contributed by atoms with Crippen molar-refractivity contribution in [2.24, 2.45) is 0 Å². The Hall–Kier alpha value is -2.95. The summed E-state index contributed by atoms with van der Waals surface area (Å²) >= 11 is 7.33. The summed E-state index contributed by atoms with van der Waals surface area (Å²) in [6.07, 6.45) is 1.63. The predicted octanol–water partition coefficient (Wildman–Crippen LogP) is 2.70. The summed E-state index contributed by atoms with van der Waals surface area (Å²) in [7, 11) is 0. The Bertz CT molecular complexity index is 1230. The van der Waals surface area contributed by atoms with Crippen molar-refractivity contribution in [2.75, 3.05) is 0 Å². The van der Waals surface area contributed by atoms with E-state index in [0.29, 0.717) is 16.0 Å². The molecule has 0 aliphatic carbocycles.